The van der Waals surface area contributed by atoms with Gasteiger partial charge in [0.1, 0.15) is 0 Å². The van der Waals surface area contributed by atoms with E-state index < -0.39 is 8.67 Å². The molecule has 1 aliphatic rings. The second-order valence-corrected chi connectivity index (χ2v) is 6.29. The van der Waals surface area contributed by atoms with Gasteiger partial charge in [0, 0.05) is 0 Å². The first-order valence-electron chi connectivity index (χ1n) is 4.21. The highest BCUT2D eigenvalue weighted by atomic mass is 35.5. The molecule has 4 heteroatoms. The van der Waals surface area contributed by atoms with Gasteiger partial charge in [-0.15, -0.1) is 0 Å². The molecule has 1 aliphatic carbocycles. The van der Waals surface area contributed by atoms with Crippen LogP contribution in [0.2, 0.25) is 0 Å². The fourth-order valence-electron chi connectivity index (χ4n) is 1.41. The topological polar surface area (TPSA) is 0 Å². The first kappa shape index (κ1) is 11.2. The molecule has 72 valence electrons. The second kappa shape index (κ2) is 4.13. The number of hydrogen-bond acceptors (Lipinski definition) is 0. The summed E-state index contributed by atoms with van der Waals surface area (Å²) in [6, 6.07) is 0. The Morgan fingerprint density at radius 2 is 0.917 bits per heavy atom. The molecule has 1 rings (SSSR count). The largest absolute Gasteiger partial charge is 0.151 e. The van der Waals surface area contributed by atoms with Crippen molar-refractivity contribution < 1.29 is 0 Å². The summed E-state index contributed by atoms with van der Waals surface area (Å²) in [4.78, 5) is 0. The number of hydrogen-bond donors (Lipinski definition) is 0. The van der Waals surface area contributed by atoms with Crippen molar-refractivity contribution in [1.29, 1.82) is 0 Å². The predicted octanol–water partition coefficient (Wildman–Crippen LogP) is 4.69. The van der Waals surface area contributed by atoms with Crippen LogP contribution in [0.25, 0.3) is 0 Å². The van der Waals surface area contributed by atoms with Gasteiger partial charge in [0.05, 0.1) is 0 Å². The molecule has 0 aromatic heterocycles. The van der Waals surface area contributed by atoms with Gasteiger partial charge in [-0.2, -0.15) is 0 Å². The zero-order chi connectivity index (χ0) is 9.24. The van der Waals surface area contributed by atoms with E-state index in [1.807, 2.05) is 0 Å². The first-order chi connectivity index (χ1) is 5.46. The molecule has 0 radical (unpaired) electrons. The van der Waals surface area contributed by atoms with Crippen LogP contribution in [0.15, 0.2) is 0 Å². The molecule has 0 amide bonds. The first-order valence-corrected chi connectivity index (χ1v) is 5.72. The molecule has 1 saturated carbocycles. The molecule has 0 saturated heterocycles. The van der Waals surface area contributed by atoms with E-state index in [1.54, 1.807) is 0 Å². The predicted molar refractivity (Wildman–Crippen MR) is 56.6 cm³/mol. The van der Waals surface area contributed by atoms with Crippen LogP contribution in [0.3, 0.4) is 0 Å². The molecule has 0 heterocycles. The molecule has 1 fully saturated rings. The van der Waals surface area contributed by atoms with E-state index >= 15 is 0 Å². The number of halogens is 4. The highest BCUT2D eigenvalue weighted by Gasteiger charge is 2.46. The summed E-state index contributed by atoms with van der Waals surface area (Å²) in [5, 5.41) is 0. The summed E-state index contributed by atoms with van der Waals surface area (Å²) >= 11 is 24.2. The summed E-state index contributed by atoms with van der Waals surface area (Å²) in [6.45, 7) is 0. The smallest absolute Gasteiger partial charge is 0.0983 e. The lowest BCUT2D eigenvalue weighted by atomic mass is 9.99. The molecule has 0 N–H and O–H groups in total. The molecule has 0 aromatic rings. The zero-order valence-corrected chi connectivity index (χ0v) is 9.78. The Bertz CT molecular complexity index is 135. The lowest BCUT2D eigenvalue weighted by molar-refractivity contribution is 0.464. The van der Waals surface area contributed by atoms with E-state index in [-0.39, 0.29) is 0 Å². The van der Waals surface area contributed by atoms with Crippen molar-refractivity contribution >= 4 is 46.4 Å². The minimum absolute atomic E-state index is 0.684. The molecule has 0 aliphatic heterocycles. The Balaban J connectivity index is 2.66. The normalized spacial score (nSPS) is 29.0. The highest BCUT2D eigenvalue weighted by molar-refractivity contribution is 6.62. The van der Waals surface area contributed by atoms with Crippen LogP contribution in [0.4, 0.5) is 0 Å². The lowest BCUT2D eigenvalue weighted by Gasteiger charge is -2.34. The van der Waals surface area contributed by atoms with Gasteiger partial charge in [0.25, 0.3) is 0 Å². The maximum Gasteiger partial charge on any atom is 0.151 e. The average Bonchev–Trinajstić information content (AvgIpc) is 1.94. The fourth-order valence-corrected chi connectivity index (χ4v) is 2.33. The van der Waals surface area contributed by atoms with Gasteiger partial charge in [-0.1, -0.05) is 72.1 Å². The third-order valence-corrected chi connectivity index (χ3v) is 4.70. The molecule has 0 spiro atoms. The molecule has 0 nitrogen and oxygen atoms in total. The molecule has 0 bridgehead atoms. The van der Waals surface area contributed by atoms with E-state index in [4.69, 9.17) is 46.4 Å². The number of alkyl halides is 4. The quantitative estimate of drug-likeness (QED) is 0.547. The molecule has 0 atom stereocenters. The van der Waals surface area contributed by atoms with E-state index in [0.29, 0.717) is 12.8 Å². The minimum Gasteiger partial charge on any atom is -0.0983 e. The lowest BCUT2D eigenvalue weighted by Crippen LogP contribution is -2.37. The van der Waals surface area contributed by atoms with Crippen molar-refractivity contribution in [2.45, 2.75) is 47.2 Å². The van der Waals surface area contributed by atoms with Crippen molar-refractivity contribution in [3.8, 4) is 0 Å². The van der Waals surface area contributed by atoms with Crippen molar-refractivity contribution in [3.05, 3.63) is 0 Å². The summed E-state index contributed by atoms with van der Waals surface area (Å²) in [5.41, 5.74) is 0. The van der Waals surface area contributed by atoms with E-state index in [0.717, 1.165) is 12.8 Å². The van der Waals surface area contributed by atoms with Gasteiger partial charge in [0.15, 0.2) is 8.67 Å². The molecule has 0 aromatic carbocycles. The van der Waals surface area contributed by atoms with Crippen LogP contribution in [0.1, 0.15) is 38.5 Å². The van der Waals surface area contributed by atoms with Crippen molar-refractivity contribution in [2.24, 2.45) is 0 Å². The molecular formula is C8H12Cl4. The van der Waals surface area contributed by atoms with Crippen LogP contribution >= 0.6 is 46.4 Å². The molecule has 0 unspecified atom stereocenters. The molecule has 12 heavy (non-hydrogen) atoms. The Hall–Kier alpha value is 1.16. The summed E-state index contributed by atoms with van der Waals surface area (Å²) in [7, 11) is 0. The maximum atomic E-state index is 6.04. The van der Waals surface area contributed by atoms with Crippen LogP contribution in [0, 0.1) is 0 Å². The highest BCUT2D eigenvalue weighted by Crippen LogP contribution is 2.50. The Morgan fingerprint density at radius 1 is 0.583 bits per heavy atom. The summed E-state index contributed by atoms with van der Waals surface area (Å²) in [6.07, 6.45) is 5.73. The summed E-state index contributed by atoms with van der Waals surface area (Å²) in [5.74, 6) is 0. The van der Waals surface area contributed by atoms with Gasteiger partial charge in [0.2, 0.25) is 0 Å². The van der Waals surface area contributed by atoms with E-state index in [1.165, 1.54) is 12.8 Å². The summed E-state index contributed by atoms with van der Waals surface area (Å²) < 4.78 is -1.95. The monoisotopic (exact) mass is 248 g/mol. The van der Waals surface area contributed by atoms with Gasteiger partial charge >= 0.3 is 0 Å². The van der Waals surface area contributed by atoms with Gasteiger partial charge in [-0.05, 0) is 12.8 Å². The second-order valence-electron chi connectivity index (χ2n) is 3.32. The van der Waals surface area contributed by atoms with Crippen molar-refractivity contribution in [3.63, 3.8) is 0 Å². The van der Waals surface area contributed by atoms with Crippen LogP contribution in [0.5, 0.6) is 0 Å². The van der Waals surface area contributed by atoms with Gasteiger partial charge in [-0.3, -0.25) is 0 Å². The van der Waals surface area contributed by atoms with E-state index in [2.05, 4.69) is 0 Å². The standard InChI is InChI=1S/C8H12Cl4/c9-7(10)5-3-1-2-4-6-8(7,11)12/h1-6H2. The van der Waals surface area contributed by atoms with Crippen molar-refractivity contribution in [1.82, 2.24) is 0 Å². The Morgan fingerprint density at radius 3 is 1.25 bits per heavy atom. The Labute approximate surface area is 93.5 Å². The van der Waals surface area contributed by atoms with Gasteiger partial charge < -0.3 is 0 Å². The van der Waals surface area contributed by atoms with Crippen LogP contribution in [-0.2, 0) is 0 Å². The molecular weight excluding hydrogens is 238 g/mol. The van der Waals surface area contributed by atoms with Crippen molar-refractivity contribution in [2.75, 3.05) is 0 Å². The third kappa shape index (κ3) is 2.57. The SMILES string of the molecule is ClC1(Cl)CCCCCCC1(Cl)Cl. The average molecular weight is 250 g/mol. The van der Waals surface area contributed by atoms with Crippen LogP contribution in [-0.4, -0.2) is 8.67 Å². The van der Waals surface area contributed by atoms with E-state index in [9.17, 15) is 0 Å². The zero-order valence-electron chi connectivity index (χ0n) is 6.75. The number of rotatable bonds is 0. The fraction of sp³-hybridized carbons (Fsp3) is 1.00. The maximum absolute atomic E-state index is 6.04. The van der Waals surface area contributed by atoms with Crippen LogP contribution < -0.4 is 0 Å². The third-order valence-electron chi connectivity index (χ3n) is 2.27. The Kier molecular flexibility index (Phi) is 3.86. The van der Waals surface area contributed by atoms with Gasteiger partial charge in [-0.25, -0.2) is 0 Å². The minimum atomic E-state index is -0.976.